The molecule has 1 aliphatic heterocycles. The van der Waals surface area contributed by atoms with Crippen molar-refractivity contribution in [2.45, 2.75) is 12.1 Å². The summed E-state index contributed by atoms with van der Waals surface area (Å²) in [6.45, 7) is 2.61. The fourth-order valence-electron chi connectivity index (χ4n) is 4.20. The second kappa shape index (κ2) is 10.3. The monoisotopic (exact) mass is 476 g/mol. The zero-order chi connectivity index (χ0) is 23.4. The van der Waals surface area contributed by atoms with Gasteiger partial charge < -0.3 is 10.0 Å². The number of β-amino-alcohol motifs (C(OH)–C–C–N with tert-alkyl or cyclic N) is 1. The number of anilines is 1. The van der Waals surface area contributed by atoms with Crippen LogP contribution in [0, 0.1) is 22.7 Å². The van der Waals surface area contributed by atoms with Gasteiger partial charge in [-0.3, -0.25) is 4.90 Å². The molecule has 0 radical (unpaired) electrons. The molecule has 33 heavy (non-hydrogen) atoms. The van der Waals surface area contributed by atoms with Crippen LogP contribution in [0.4, 0.5) is 5.69 Å². The van der Waals surface area contributed by atoms with E-state index in [0.717, 1.165) is 23.4 Å². The van der Waals surface area contributed by atoms with Gasteiger partial charge in [-0.15, -0.1) is 0 Å². The quantitative estimate of drug-likeness (QED) is 0.538. The van der Waals surface area contributed by atoms with Gasteiger partial charge in [-0.2, -0.15) is 10.5 Å². The Bertz CT molecular complexity index is 1200. The van der Waals surface area contributed by atoms with Gasteiger partial charge >= 0.3 is 0 Å². The predicted molar refractivity (Wildman–Crippen MR) is 130 cm³/mol. The van der Waals surface area contributed by atoms with Crippen LogP contribution in [0.3, 0.4) is 0 Å². The van der Waals surface area contributed by atoms with E-state index >= 15 is 0 Å². The zero-order valence-electron chi connectivity index (χ0n) is 17.8. The Morgan fingerprint density at radius 2 is 1.58 bits per heavy atom. The maximum Gasteiger partial charge on any atom is 0.0992 e. The summed E-state index contributed by atoms with van der Waals surface area (Å²) in [6, 6.07) is 24.4. The van der Waals surface area contributed by atoms with Gasteiger partial charge in [0.15, 0.2) is 0 Å². The van der Waals surface area contributed by atoms with Crippen molar-refractivity contribution in [3.63, 3.8) is 0 Å². The fraction of sp³-hybridized carbons (Fsp3) is 0.231. The van der Waals surface area contributed by atoms with E-state index in [0.29, 0.717) is 40.8 Å². The third-order valence-corrected chi connectivity index (χ3v) is 6.52. The second-order valence-corrected chi connectivity index (χ2v) is 8.89. The van der Waals surface area contributed by atoms with E-state index in [1.165, 1.54) is 0 Å². The van der Waals surface area contributed by atoms with Gasteiger partial charge in [0, 0.05) is 31.2 Å². The van der Waals surface area contributed by atoms with Crippen LogP contribution in [0.5, 0.6) is 0 Å². The molecule has 2 atom stereocenters. The predicted octanol–water partition coefficient (Wildman–Crippen LogP) is 5.33. The highest BCUT2D eigenvalue weighted by Crippen LogP contribution is 2.36. The van der Waals surface area contributed by atoms with Crippen molar-refractivity contribution in [2.75, 3.05) is 31.1 Å². The molecule has 5 nitrogen and oxygen atoms in total. The number of aliphatic hydroxyl groups excluding tert-OH is 1. The van der Waals surface area contributed by atoms with Crippen LogP contribution < -0.4 is 4.90 Å². The maximum atomic E-state index is 10.8. The van der Waals surface area contributed by atoms with E-state index in [1.807, 2.05) is 30.3 Å². The van der Waals surface area contributed by atoms with E-state index < -0.39 is 6.10 Å². The van der Waals surface area contributed by atoms with Crippen molar-refractivity contribution in [3.05, 3.63) is 99.0 Å². The summed E-state index contributed by atoms with van der Waals surface area (Å²) >= 11 is 12.7. The van der Waals surface area contributed by atoms with E-state index in [1.54, 1.807) is 36.4 Å². The van der Waals surface area contributed by atoms with Crippen LogP contribution >= 0.6 is 23.2 Å². The van der Waals surface area contributed by atoms with Crippen molar-refractivity contribution in [1.82, 2.24) is 4.90 Å². The normalized spacial score (nSPS) is 17.2. The van der Waals surface area contributed by atoms with Gasteiger partial charge in [0.1, 0.15) is 0 Å². The Hall–Kier alpha value is -3.06. The van der Waals surface area contributed by atoms with Gasteiger partial charge in [0.2, 0.25) is 0 Å². The summed E-state index contributed by atoms with van der Waals surface area (Å²) < 4.78 is 0. The fourth-order valence-corrected chi connectivity index (χ4v) is 4.62. The number of rotatable bonds is 5. The highest BCUT2D eigenvalue weighted by atomic mass is 35.5. The Balaban J connectivity index is 1.57. The summed E-state index contributed by atoms with van der Waals surface area (Å²) in [6.07, 6.45) is -0.659. The molecule has 1 unspecified atom stereocenters. The molecule has 0 saturated carbocycles. The van der Waals surface area contributed by atoms with Crippen molar-refractivity contribution in [1.29, 1.82) is 10.5 Å². The number of hydrogen-bond donors (Lipinski definition) is 1. The highest BCUT2D eigenvalue weighted by molar-refractivity contribution is 6.33. The number of aliphatic hydroxyl groups is 1. The van der Waals surface area contributed by atoms with Gasteiger partial charge in [-0.25, -0.2) is 0 Å². The van der Waals surface area contributed by atoms with E-state index in [4.69, 9.17) is 28.5 Å². The first-order valence-electron chi connectivity index (χ1n) is 10.6. The molecule has 1 saturated heterocycles. The minimum atomic E-state index is -0.659. The molecule has 1 aliphatic rings. The lowest BCUT2D eigenvalue weighted by Crippen LogP contribution is -2.49. The van der Waals surface area contributed by atoms with Crippen LogP contribution in [0.2, 0.25) is 10.0 Å². The molecule has 0 spiro atoms. The molecule has 1 heterocycles. The number of nitrogens with zero attached hydrogens (tertiary/aromatic N) is 4. The summed E-state index contributed by atoms with van der Waals surface area (Å²) in [5, 5.41) is 30.2. The van der Waals surface area contributed by atoms with Gasteiger partial charge in [0.05, 0.1) is 46.1 Å². The van der Waals surface area contributed by atoms with Gasteiger partial charge in [-0.1, -0.05) is 47.5 Å². The van der Waals surface area contributed by atoms with Crippen LogP contribution in [-0.2, 0) is 0 Å². The Labute approximate surface area is 203 Å². The van der Waals surface area contributed by atoms with Crippen molar-refractivity contribution < 1.29 is 5.11 Å². The van der Waals surface area contributed by atoms with Crippen molar-refractivity contribution >= 4 is 28.9 Å². The van der Waals surface area contributed by atoms with Crippen LogP contribution in [0.25, 0.3) is 0 Å². The molecule has 0 amide bonds. The van der Waals surface area contributed by atoms with Crippen molar-refractivity contribution in [2.24, 2.45) is 0 Å². The first-order chi connectivity index (χ1) is 16.0. The lowest BCUT2D eigenvalue weighted by atomic mass is 10.00. The van der Waals surface area contributed by atoms with Gasteiger partial charge in [-0.05, 0) is 53.6 Å². The van der Waals surface area contributed by atoms with Crippen LogP contribution in [0.1, 0.15) is 34.4 Å². The van der Waals surface area contributed by atoms with E-state index in [-0.39, 0.29) is 6.04 Å². The molecule has 1 fully saturated rings. The lowest BCUT2D eigenvalue weighted by Gasteiger charge is -2.44. The molecule has 166 valence electrons. The Kier molecular flexibility index (Phi) is 7.18. The average molecular weight is 477 g/mol. The Morgan fingerprint density at radius 3 is 2.21 bits per heavy atom. The number of nitriles is 2. The summed E-state index contributed by atoms with van der Waals surface area (Å²) in [5.74, 6) is 0. The average Bonchev–Trinajstić information content (AvgIpc) is 2.84. The van der Waals surface area contributed by atoms with E-state index in [2.05, 4.69) is 21.9 Å². The van der Waals surface area contributed by atoms with E-state index in [9.17, 15) is 10.4 Å². The lowest BCUT2D eigenvalue weighted by molar-refractivity contribution is 0.100. The molecule has 3 aromatic rings. The largest absolute Gasteiger partial charge is 0.387 e. The number of piperazine rings is 1. The minimum Gasteiger partial charge on any atom is -0.387 e. The summed E-state index contributed by atoms with van der Waals surface area (Å²) in [5.41, 5.74) is 3.85. The molecule has 0 aliphatic carbocycles. The molecule has 0 bridgehead atoms. The minimum absolute atomic E-state index is 0.00498. The molecule has 1 N–H and O–H groups in total. The molecule has 4 rings (SSSR count). The smallest absolute Gasteiger partial charge is 0.0992 e. The number of hydrogen-bond acceptors (Lipinski definition) is 5. The standard InChI is InChI=1S/C26H22Cl2N4O/c27-22-8-6-20(7-9-22)25-16-31(17-26(33)21-4-1-18(14-29)2-5-21)11-12-32(25)24-10-3-19(15-30)13-23(24)28/h1-10,13,25-26,33H,11-12,16-17H2/t25-,26?/m0/s1. The molecular weight excluding hydrogens is 455 g/mol. The molecule has 0 aromatic heterocycles. The van der Waals surface area contributed by atoms with Crippen molar-refractivity contribution in [3.8, 4) is 12.1 Å². The first-order valence-corrected chi connectivity index (χ1v) is 11.4. The first kappa shape index (κ1) is 23.1. The molecule has 3 aromatic carbocycles. The second-order valence-electron chi connectivity index (χ2n) is 8.05. The third kappa shape index (κ3) is 5.30. The number of benzene rings is 3. The highest BCUT2D eigenvalue weighted by Gasteiger charge is 2.30. The zero-order valence-corrected chi connectivity index (χ0v) is 19.3. The maximum absolute atomic E-state index is 10.8. The van der Waals surface area contributed by atoms with Crippen LogP contribution in [-0.4, -0.2) is 36.2 Å². The third-order valence-electron chi connectivity index (χ3n) is 5.96. The molecular formula is C26H22Cl2N4O. The molecule has 7 heteroatoms. The topological polar surface area (TPSA) is 74.3 Å². The van der Waals surface area contributed by atoms with Crippen LogP contribution in [0.15, 0.2) is 66.7 Å². The SMILES string of the molecule is N#Cc1ccc(C(O)CN2CCN(c3ccc(C#N)cc3Cl)[C@H](c3ccc(Cl)cc3)C2)cc1. The summed E-state index contributed by atoms with van der Waals surface area (Å²) in [4.78, 5) is 4.48. The summed E-state index contributed by atoms with van der Waals surface area (Å²) in [7, 11) is 0. The number of halogens is 2. The Morgan fingerprint density at radius 1 is 0.909 bits per heavy atom. The van der Waals surface area contributed by atoms with Gasteiger partial charge in [0.25, 0.3) is 0 Å².